The lowest BCUT2D eigenvalue weighted by molar-refractivity contribution is 0.440. The molecular formula is C16H33N. The van der Waals surface area contributed by atoms with E-state index in [9.17, 15) is 0 Å². The van der Waals surface area contributed by atoms with Gasteiger partial charge in [0.15, 0.2) is 0 Å². The number of rotatable bonds is 10. The Morgan fingerprint density at radius 2 is 1.65 bits per heavy atom. The van der Waals surface area contributed by atoms with E-state index in [0.29, 0.717) is 0 Å². The van der Waals surface area contributed by atoms with Crippen molar-refractivity contribution in [3.05, 3.63) is 0 Å². The zero-order chi connectivity index (χ0) is 12.3. The fourth-order valence-corrected chi connectivity index (χ4v) is 3.08. The highest BCUT2D eigenvalue weighted by Crippen LogP contribution is 2.30. The van der Waals surface area contributed by atoms with Gasteiger partial charge in [-0.25, -0.2) is 0 Å². The molecule has 1 heteroatoms. The summed E-state index contributed by atoms with van der Waals surface area (Å²) in [5, 5.41) is 3.68. The number of unbranched alkanes of at least 4 members (excludes halogenated alkanes) is 5. The molecule has 0 radical (unpaired) electrons. The lowest BCUT2D eigenvalue weighted by Crippen LogP contribution is -2.26. The van der Waals surface area contributed by atoms with E-state index in [-0.39, 0.29) is 0 Å². The molecule has 1 aliphatic rings. The highest BCUT2D eigenvalue weighted by atomic mass is 14.9. The van der Waals surface area contributed by atoms with Crippen molar-refractivity contribution >= 4 is 0 Å². The Morgan fingerprint density at radius 3 is 2.41 bits per heavy atom. The smallest absolute Gasteiger partial charge is 0.00698 e. The van der Waals surface area contributed by atoms with Crippen LogP contribution in [0.2, 0.25) is 0 Å². The largest absolute Gasteiger partial charge is 0.314 e. The highest BCUT2D eigenvalue weighted by Gasteiger charge is 2.23. The van der Waals surface area contributed by atoms with Crippen molar-refractivity contribution in [2.24, 2.45) is 5.92 Å². The lowest BCUT2D eigenvalue weighted by Gasteiger charge is -2.12. The molecular weight excluding hydrogens is 206 g/mol. The first-order valence-electron chi connectivity index (χ1n) is 8.10. The van der Waals surface area contributed by atoms with Gasteiger partial charge >= 0.3 is 0 Å². The Labute approximate surface area is 109 Å². The van der Waals surface area contributed by atoms with Crippen LogP contribution in [0.25, 0.3) is 0 Å². The molecule has 2 atom stereocenters. The summed E-state index contributed by atoms with van der Waals surface area (Å²) in [6.45, 7) is 5.77. The molecule has 1 nitrogen and oxygen atoms in total. The molecule has 0 saturated heterocycles. The van der Waals surface area contributed by atoms with E-state index in [1.807, 2.05) is 0 Å². The molecule has 1 rings (SSSR count). The van der Waals surface area contributed by atoms with Gasteiger partial charge in [0.05, 0.1) is 0 Å². The van der Waals surface area contributed by atoms with Crippen LogP contribution in [0.3, 0.4) is 0 Å². The van der Waals surface area contributed by atoms with Crippen molar-refractivity contribution in [2.75, 3.05) is 6.54 Å². The average molecular weight is 239 g/mol. The van der Waals surface area contributed by atoms with Gasteiger partial charge in [0.2, 0.25) is 0 Å². The fourth-order valence-electron chi connectivity index (χ4n) is 3.08. The molecule has 0 aromatic heterocycles. The fraction of sp³-hybridized carbons (Fsp3) is 1.00. The molecule has 0 aliphatic heterocycles. The minimum absolute atomic E-state index is 0.847. The molecule has 0 spiro atoms. The average Bonchev–Trinajstić information content (AvgIpc) is 2.79. The van der Waals surface area contributed by atoms with Gasteiger partial charge in [0, 0.05) is 6.04 Å². The van der Waals surface area contributed by atoms with Crippen LogP contribution in [0.5, 0.6) is 0 Å². The minimum atomic E-state index is 0.847. The van der Waals surface area contributed by atoms with Gasteiger partial charge in [-0.2, -0.15) is 0 Å². The second-order valence-corrected chi connectivity index (χ2v) is 5.89. The normalized spacial score (nSPS) is 24.4. The van der Waals surface area contributed by atoms with Crippen molar-refractivity contribution in [2.45, 2.75) is 90.5 Å². The topological polar surface area (TPSA) is 12.0 Å². The van der Waals surface area contributed by atoms with Crippen molar-refractivity contribution in [1.29, 1.82) is 0 Å². The molecule has 0 bridgehead atoms. The van der Waals surface area contributed by atoms with E-state index in [0.717, 1.165) is 12.0 Å². The molecule has 1 N–H and O–H groups in total. The summed E-state index contributed by atoms with van der Waals surface area (Å²) in [5.41, 5.74) is 0. The summed E-state index contributed by atoms with van der Waals surface area (Å²) in [6.07, 6.45) is 15.8. The number of hydrogen-bond donors (Lipinski definition) is 1. The molecule has 17 heavy (non-hydrogen) atoms. The Morgan fingerprint density at radius 1 is 0.882 bits per heavy atom. The number of nitrogens with one attached hydrogen (secondary N) is 1. The maximum atomic E-state index is 3.68. The van der Waals surface area contributed by atoms with Crippen LogP contribution >= 0.6 is 0 Å². The van der Waals surface area contributed by atoms with Gasteiger partial charge in [0.25, 0.3) is 0 Å². The first-order chi connectivity index (χ1) is 8.36. The maximum Gasteiger partial charge on any atom is 0.00698 e. The Hall–Kier alpha value is -0.0400. The van der Waals surface area contributed by atoms with Crippen molar-refractivity contribution < 1.29 is 0 Å². The Balaban J connectivity index is 1.91. The molecule has 0 heterocycles. The van der Waals surface area contributed by atoms with Crippen LogP contribution in [0, 0.1) is 5.92 Å². The molecule has 1 saturated carbocycles. The summed E-state index contributed by atoms with van der Waals surface area (Å²) < 4.78 is 0. The SMILES string of the molecule is CCCCCCCCC1CCC(NCCC)C1. The third-order valence-electron chi connectivity index (χ3n) is 4.19. The van der Waals surface area contributed by atoms with Crippen LogP contribution in [0.4, 0.5) is 0 Å². The van der Waals surface area contributed by atoms with Crippen molar-refractivity contribution in [1.82, 2.24) is 5.32 Å². The third kappa shape index (κ3) is 7.08. The van der Waals surface area contributed by atoms with Crippen molar-refractivity contribution in [3.8, 4) is 0 Å². The first-order valence-corrected chi connectivity index (χ1v) is 8.10. The highest BCUT2D eigenvalue weighted by molar-refractivity contribution is 4.80. The van der Waals surface area contributed by atoms with Crippen LogP contribution < -0.4 is 5.32 Å². The Kier molecular flexibility index (Phi) is 8.78. The van der Waals surface area contributed by atoms with Gasteiger partial charge in [-0.15, -0.1) is 0 Å². The molecule has 0 aromatic carbocycles. The third-order valence-corrected chi connectivity index (χ3v) is 4.19. The van der Waals surface area contributed by atoms with E-state index >= 15 is 0 Å². The minimum Gasteiger partial charge on any atom is -0.314 e. The Bertz CT molecular complexity index is 167. The van der Waals surface area contributed by atoms with E-state index < -0.39 is 0 Å². The predicted octanol–water partition coefficient (Wildman–Crippen LogP) is 4.91. The van der Waals surface area contributed by atoms with E-state index in [2.05, 4.69) is 19.2 Å². The zero-order valence-corrected chi connectivity index (χ0v) is 12.1. The maximum absolute atomic E-state index is 3.68. The molecule has 102 valence electrons. The van der Waals surface area contributed by atoms with E-state index in [1.165, 1.54) is 77.2 Å². The quantitative estimate of drug-likeness (QED) is 0.534. The van der Waals surface area contributed by atoms with Gasteiger partial charge in [-0.1, -0.05) is 58.8 Å². The van der Waals surface area contributed by atoms with Gasteiger partial charge in [-0.05, 0) is 38.1 Å². The molecule has 1 fully saturated rings. The van der Waals surface area contributed by atoms with Crippen LogP contribution in [0.1, 0.15) is 84.5 Å². The van der Waals surface area contributed by atoms with E-state index in [1.54, 1.807) is 0 Å². The molecule has 2 unspecified atom stereocenters. The van der Waals surface area contributed by atoms with Gasteiger partial charge < -0.3 is 5.32 Å². The van der Waals surface area contributed by atoms with Gasteiger partial charge in [-0.3, -0.25) is 0 Å². The standard InChI is InChI=1S/C16H33N/c1-3-5-6-7-8-9-10-15-11-12-16(14-15)17-13-4-2/h15-17H,3-14H2,1-2H3. The monoisotopic (exact) mass is 239 g/mol. The van der Waals surface area contributed by atoms with Gasteiger partial charge in [0.1, 0.15) is 0 Å². The summed E-state index contributed by atoms with van der Waals surface area (Å²) in [6, 6.07) is 0.847. The van der Waals surface area contributed by atoms with Crippen LogP contribution in [-0.4, -0.2) is 12.6 Å². The van der Waals surface area contributed by atoms with E-state index in [4.69, 9.17) is 0 Å². The lowest BCUT2D eigenvalue weighted by atomic mass is 9.99. The molecule has 0 aromatic rings. The molecule has 1 aliphatic carbocycles. The summed E-state index contributed by atoms with van der Waals surface area (Å²) >= 11 is 0. The van der Waals surface area contributed by atoms with Crippen molar-refractivity contribution in [3.63, 3.8) is 0 Å². The van der Waals surface area contributed by atoms with Crippen LogP contribution in [-0.2, 0) is 0 Å². The summed E-state index contributed by atoms with van der Waals surface area (Å²) in [4.78, 5) is 0. The summed E-state index contributed by atoms with van der Waals surface area (Å²) in [7, 11) is 0. The second-order valence-electron chi connectivity index (χ2n) is 5.89. The summed E-state index contributed by atoms with van der Waals surface area (Å²) in [5.74, 6) is 1.04. The predicted molar refractivity (Wildman–Crippen MR) is 77.4 cm³/mol. The van der Waals surface area contributed by atoms with Crippen LogP contribution in [0.15, 0.2) is 0 Å². The molecule has 0 amide bonds. The second kappa shape index (κ2) is 9.94. The zero-order valence-electron chi connectivity index (χ0n) is 12.1. The number of hydrogen-bond acceptors (Lipinski definition) is 1. The first kappa shape index (κ1) is 15.0.